The fourth-order valence-electron chi connectivity index (χ4n) is 3.55. The number of phenolic OH excluding ortho intramolecular Hbond substituents is 2. The number of anilines is 2. The summed E-state index contributed by atoms with van der Waals surface area (Å²) in [5.74, 6) is -5.85. The maximum atomic E-state index is 14.5. The van der Waals surface area contributed by atoms with Crippen LogP contribution in [-0.2, 0) is 0 Å². The Balaban J connectivity index is 2.16. The Bertz CT molecular complexity index is 1000. The maximum absolute atomic E-state index is 14.5. The average molecular weight is 448 g/mol. The minimum atomic E-state index is -1.07. The predicted molar refractivity (Wildman–Crippen MR) is 117 cm³/mol. The third-order valence-electron chi connectivity index (χ3n) is 5.16. The third kappa shape index (κ3) is 4.23. The van der Waals surface area contributed by atoms with E-state index in [0.717, 1.165) is 12.1 Å². The fourth-order valence-corrected chi connectivity index (χ4v) is 3.55. The molecule has 0 heterocycles. The molecule has 0 aliphatic heterocycles. The summed E-state index contributed by atoms with van der Waals surface area (Å²) >= 11 is 0. The van der Waals surface area contributed by atoms with Crippen LogP contribution >= 0.6 is 0 Å². The summed E-state index contributed by atoms with van der Waals surface area (Å²) < 4.78 is 28.9. The molecule has 0 saturated carbocycles. The van der Waals surface area contributed by atoms with Crippen LogP contribution in [0.2, 0.25) is 0 Å². The van der Waals surface area contributed by atoms with E-state index in [-0.39, 0.29) is 22.5 Å². The van der Waals surface area contributed by atoms with Gasteiger partial charge in [0.1, 0.15) is 0 Å². The van der Waals surface area contributed by atoms with Crippen LogP contribution in [0.25, 0.3) is 0 Å². The highest BCUT2D eigenvalue weighted by molar-refractivity contribution is 6.33. The number of rotatable bonds is 8. The molecule has 0 spiro atoms. The number of carbonyl (C=O) groups excluding carboxylic acids is 2. The van der Waals surface area contributed by atoms with Crippen molar-refractivity contribution >= 4 is 22.9 Å². The maximum Gasteiger partial charge on any atom is 0.200 e. The van der Waals surface area contributed by atoms with Gasteiger partial charge in [0, 0.05) is 49.7 Å². The minimum absolute atomic E-state index is 0.0214. The van der Waals surface area contributed by atoms with Crippen molar-refractivity contribution < 1.29 is 28.6 Å². The lowest BCUT2D eigenvalue weighted by Crippen LogP contribution is -2.28. The van der Waals surface area contributed by atoms with Crippen LogP contribution in [-0.4, -0.2) is 85.9 Å². The van der Waals surface area contributed by atoms with Gasteiger partial charge in [0.25, 0.3) is 0 Å². The van der Waals surface area contributed by atoms with Crippen molar-refractivity contribution in [3.05, 3.63) is 46.0 Å². The van der Waals surface area contributed by atoms with E-state index in [9.17, 15) is 28.6 Å². The van der Waals surface area contributed by atoms with Crippen molar-refractivity contribution in [1.29, 1.82) is 0 Å². The second kappa shape index (κ2) is 9.09. The number of halogens is 2. The van der Waals surface area contributed by atoms with E-state index in [2.05, 4.69) is 10.6 Å². The molecule has 3 rings (SSSR count). The first-order valence-electron chi connectivity index (χ1n) is 10.0. The molecule has 0 unspecified atom stereocenters. The van der Waals surface area contributed by atoms with Gasteiger partial charge in [-0.3, -0.25) is 9.59 Å². The molecule has 10 heteroatoms. The highest BCUT2D eigenvalue weighted by Crippen LogP contribution is 2.44. The van der Waals surface area contributed by atoms with Gasteiger partial charge in [-0.05, 0) is 28.2 Å². The molecule has 0 atom stereocenters. The van der Waals surface area contributed by atoms with Gasteiger partial charge in [0.05, 0.1) is 22.3 Å². The molecule has 0 amide bonds. The Labute approximate surface area is 184 Å². The van der Waals surface area contributed by atoms with Crippen molar-refractivity contribution in [3.63, 3.8) is 0 Å². The Kier molecular flexibility index (Phi) is 6.65. The molecule has 4 N–H and O–H groups in total. The number of nitrogens with one attached hydrogen (secondary N) is 2. The molecule has 2 aromatic rings. The quantitative estimate of drug-likeness (QED) is 0.389. The van der Waals surface area contributed by atoms with E-state index in [1.165, 1.54) is 0 Å². The van der Waals surface area contributed by atoms with Gasteiger partial charge >= 0.3 is 0 Å². The normalized spacial score (nSPS) is 12.9. The lowest BCUT2D eigenvalue weighted by molar-refractivity contribution is 0.0974. The summed E-state index contributed by atoms with van der Waals surface area (Å²) in [7, 11) is 7.30. The number of benzene rings is 2. The first-order chi connectivity index (χ1) is 15.0. The number of nitrogens with zero attached hydrogens (tertiary/aromatic N) is 2. The molecule has 8 nitrogen and oxygen atoms in total. The van der Waals surface area contributed by atoms with E-state index in [1.807, 2.05) is 38.0 Å². The van der Waals surface area contributed by atoms with Crippen LogP contribution in [0.4, 0.5) is 20.2 Å². The summed E-state index contributed by atoms with van der Waals surface area (Å²) in [6.07, 6.45) is 0. The van der Waals surface area contributed by atoms with Crippen LogP contribution in [0.15, 0.2) is 12.1 Å². The van der Waals surface area contributed by atoms with Crippen LogP contribution in [0.5, 0.6) is 11.5 Å². The molecule has 172 valence electrons. The summed E-state index contributed by atoms with van der Waals surface area (Å²) in [6, 6.07) is 1.82. The molecule has 1 aliphatic rings. The van der Waals surface area contributed by atoms with E-state index in [1.54, 1.807) is 0 Å². The lowest BCUT2D eigenvalue weighted by Gasteiger charge is -2.25. The molecule has 2 aromatic carbocycles. The van der Waals surface area contributed by atoms with Crippen molar-refractivity contribution in [3.8, 4) is 11.5 Å². The van der Waals surface area contributed by atoms with Gasteiger partial charge in [0.2, 0.25) is 11.6 Å². The zero-order valence-electron chi connectivity index (χ0n) is 18.3. The summed E-state index contributed by atoms with van der Waals surface area (Å²) in [5, 5.41) is 26.4. The monoisotopic (exact) mass is 448 g/mol. The van der Waals surface area contributed by atoms with E-state index in [0.29, 0.717) is 26.2 Å². The molecule has 0 aromatic heterocycles. The van der Waals surface area contributed by atoms with Crippen LogP contribution in [0, 0.1) is 11.6 Å². The number of aromatic hydroxyl groups is 2. The van der Waals surface area contributed by atoms with Crippen molar-refractivity contribution in [2.24, 2.45) is 0 Å². The first-order valence-corrected chi connectivity index (χ1v) is 10.0. The van der Waals surface area contributed by atoms with Crippen molar-refractivity contribution in [2.75, 3.05) is 65.0 Å². The Morgan fingerprint density at radius 1 is 0.719 bits per heavy atom. The summed E-state index contributed by atoms with van der Waals surface area (Å²) in [4.78, 5) is 30.4. The number of hydrogen-bond donors (Lipinski definition) is 4. The second-order valence-corrected chi connectivity index (χ2v) is 8.13. The molecular weight excluding hydrogens is 422 g/mol. The number of likely N-dealkylation sites (N-methyl/N-ethyl adjacent to an activating group) is 2. The van der Waals surface area contributed by atoms with E-state index in [4.69, 9.17) is 0 Å². The highest BCUT2D eigenvalue weighted by Gasteiger charge is 2.40. The zero-order valence-corrected chi connectivity index (χ0v) is 18.3. The Morgan fingerprint density at radius 2 is 1.06 bits per heavy atom. The topological polar surface area (TPSA) is 105 Å². The molecule has 0 saturated heterocycles. The smallest absolute Gasteiger partial charge is 0.200 e. The number of carbonyl (C=O) groups is 2. The van der Waals surface area contributed by atoms with Crippen LogP contribution in [0.1, 0.15) is 31.8 Å². The zero-order chi connectivity index (χ0) is 23.7. The first kappa shape index (κ1) is 23.4. The van der Waals surface area contributed by atoms with Crippen LogP contribution < -0.4 is 10.6 Å². The average Bonchev–Trinajstić information content (AvgIpc) is 2.70. The number of hydrogen-bond acceptors (Lipinski definition) is 8. The second-order valence-electron chi connectivity index (χ2n) is 8.13. The summed E-state index contributed by atoms with van der Waals surface area (Å²) in [6.45, 7) is 1.69. The highest BCUT2D eigenvalue weighted by atomic mass is 19.1. The SMILES string of the molecule is CN(C)CCNc1cc(F)c(O)c2c1C(=O)c1c(O)c(F)cc(NCCN(C)C)c1C2=O. The molecule has 0 fully saturated rings. The van der Waals surface area contributed by atoms with Crippen LogP contribution in [0.3, 0.4) is 0 Å². The third-order valence-corrected chi connectivity index (χ3v) is 5.16. The predicted octanol–water partition coefficient (Wildman–Crippen LogP) is 2.10. The fraction of sp³-hybridized carbons (Fsp3) is 0.364. The minimum Gasteiger partial charge on any atom is -0.504 e. The lowest BCUT2D eigenvalue weighted by atomic mass is 9.81. The molecule has 0 bridgehead atoms. The van der Waals surface area contributed by atoms with Gasteiger partial charge in [-0.25, -0.2) is 8.78 Å². The Hall–Kier alpha value is -3.24. The van der Waals surface area contributed by atoms with Gasteiger partial charge in [0.15, 0.2) is 23.1 Å². The largest absolute Gasteiger partial charge is 0.504 e. The van der Waals surface area contributed by atoms with E-state index >= 15 is 0 Å². The summed E-state index contributed by atoms with van der Waals surface area (Å²) in [5.41, 5.74) is -1.69. The number of fused-ring (bicyclic) bond motifs is 2. The van der Waals surface area contributed by atoms with Gasteiger partial charge < -0.3 is 30.6 Å². The van der Waals surface area contributed by atoms with Gasteiger partial charge in [-0.15, -0.1) is 0 Å². The van der Waals surface area contributed by atoms with Crippen molar-refractivity contribution in [2.45, 2.75) is 0 Å². The standard InChI is InChI=1S/C22H26F2N4O4/c1-27(2)7-5-25-13-9-11(23)19(29)17-15(13)21(31)18-16(22(17)32)14(10-12(24)20(18)30)26-6-8-28(3)4/h9-10,25-26,29-30H,5-8H2,1-4H3. The molecule has 0 radical (unpaired) electrons. The van der Waals surface area contributed by atoms with Gasteiger partial charge in [-0.1, -0.05) is 0 Å². The number of phenols is 2. The number of ketones is 2. The molecule has 1 aliphatic carbocycles. The molecular formula is C22H26F2N4O4. The van der Waals surface area contributed by atoms with Crippen molar-refractivity contribution in [1.82, 2.24) is 9.80 Å². The van der Waals surface area contributed by atoms with Gasteiger partial charge in [-0.2, -0.15) is 0 Å². The Morgan fingerprint density at radius 3 is 1.38 bits per heavy atom. The van der Waals surface area contributed by atoms with E-state index < -0.39 is 45.8 Å². The molecule has 32 heavy (non-hydrogen) atoms.